The monoisotopic (exact) mass is 299 g/mol. The lowest BCUT2D eigenvalue weighted by Crippen LogP contribution is -2.39. The van der Waals surface area contributed by atoms with Crippen molar-refractivity contribution >= 4 is 23.5 Å². The highest BCUT2D eigenvalue weighted by Crippen LogP contribution is 2.23. The van der Waals surface area contributed by atoms with E-state index in [1.54, 1.807) is 4.90 Å². The molecule has 20 heavy (non-hydrogen) atoms. The van der Waals surface area contributed by atoms with E-state index in [1.165, 1.54) is 18.2 Å². The highest BCUT2D eigenvalue weighted by Gasteiger charge is 2.26. The molecule has 108 valence electrons. The first kappa shape index (κ1) is 14.8. The lowest BCUT2D eigenvalue weighted by Gasteiger charge is -2.31. The number of carboxylic acid groups (broad SMARTS) is 1. The Labute approximate surface area is 121 Å². The van der Waals surface area contributed by atoms with Crippen LogP contribution in [0.15, 0.2) is 18.2 Å². The standard InChI is InChI=1S/C14H15ClFNO3/c15-10-1-2-12(16)11(8-10)14(20)17-5-3-9(4-6-17)7-13(18)19/h1-2,8-9H,3-7H2,(H,18,19). The first-order valence-electron chi connectivity index (χ1n) is 6.43. The molecule has 0 spiro atoms. The van der Waals surface area contributed by atoms with Crippen molar-refractivity contribution < 1.29 is 19.1 Å². The Hall–Kier alpha value is -1.62. The summed E-state index contributed by atoms with van der Waals surface area (Å²) in [6, 6.07) is 3.89. The molecule has 0 atom stereocenters. The van der Waals surface area contributed by atoms with Gasteiger partial charge in [-0.1, -0.05) is 11.6 Å². The summed E-state index contributed by atoms with van der Waals surface area (Å²) in [7, 11) is 0. The molecular formula is C14H15ClFNO3. The summed E-state index contributed by atoms with van der Waals surface area (Å²) in [5.41, 5.74) is -0.0332. The zero-order chi connectivity index (χ0) is 14.7. The maximum absolute atomic E-state index is 13.6. The van der Waals surface area contributed by atoms with Crippen molar-refractivity contribution in [1.29, 1.82) is 0 Å². The van der Waals surface area contributed by atoms with Crippen molar-refractivity contribution in [3.8, 4) is 0 Å². The minimum absolute atomic E-state index is 0.0332. The van der Waals surface area contributed by atoms with Gasteiger partial charge in [0.2, 0.25) is 0 Å². The van der Waals surface area contributed by atoms with Gasteiger partial charge in [0.1, 0.15) is 5.82 Å². The molecule has 0 bridgehead atoms. The molecule has 0 radical (unpaired) electrons. The summed E-state index contributed by atoms with van der Waals surface area (Å²) in [5, 5.41) is 9.06. The molecule has 1 aromatic carbocycles. The van der Waals surface area contributed by atoms with Crippen LogP contribution in [0, 0.1) is 11.7 Å². The Kier molecular flexibility index (Phi) is 4.60. The summed E-state index contributed by atoms with van der Waals surface area (Å²) >= 11 is 5.78. The first-order chi connectivity index (χ1) is 9.47. The predicted octanol–water partition coefficient (Wildman–Crippen LogP) is 2.81. The summed E-state index contributed by atoms with van der Waals surface area (Å²) in [5.74, 6) is -1.72. The van der Waals surface area contributed by atoms with Gasteiger partial charge in [-0.2, -0.15) is 0 Å². The average Bonchev–Trinajstić information content (AvgIpc) is 2.41. The van der Waals surface area contributed by atoms with Gasteiger partial charge in [-0.05, 0) is 37.0 Å². The topological polar surface area (TPSA) is 57.6 Å². The minimum Gasteiger partial charge on any atom is -0.481 e. The number of piperidine rings is 1. The average molecular weight is 300 g/mol. The smallest absolute Gasteiger partial charge is 0.303 e. The van der Waals surface area contributed by atoms with Crippen molar-refractivity contribution in [2.45, 2.75) is 19.3 Å². The molecule has 0 aliphatic carbocycles. The van der Waals surface area contributed by atoms with Crippen LogP contribution in [0.5, 0.6) is 0 Å². The fraction of sp³-hybridized carbons (Fsp3) is 0.429. The van der Waals surface area contributed by atoms with Crippen LogP contribution < -0.4 is 0 Å². The number of likely N-dealkylation sites (tertiary alicyclic amines) is 1. The summed E-state index contributed by atoms with van der Waals surface area (Å²) < 4.78 is 13.6. The fourth-order valence-electron chi connectivity index (χ4n) is 2.42. The maximum atomic E-state index is 13.6. The van der Waals surface area contributed by atoms with Crippen LogP contribution in [-0.4, -0.2) is 35.0 Å². The van der Waals surface area contributed by atoms with E-state index in [4.69, 9.17) is 16.7 Å². The number of carbonyl (C=O) groups is 2. The first-order valence-corrected chi connectivity index (χ1v) is 6.81. The van der Waals surface area contributed by atoms with Gasteiger partial charge in [0.05, 0.1) is 5.56 Å². The van der Waals surface area contributed by atoms with Crippen molar-refractivity contribution in [3.05, 3.63) is 34.6 Å². The number of aliphatic carboxylic acids is 1. The molecule has 0 aromatic heterocycles. The summed E-state index contributed by atoms with van der Waals surface area (Å²) in [6.07, 6.45) is 1.37. The second-order valence-electron chi connectivity index (χ2n) is 4.96. The Bertz CT molecular complexity index is 527. The second-order valence-corrected chi connectivity index (χ2v) is 5.39. The van der Waals surface area contributed by atoms with Crippen LogP contribution in [-0.2, 0) is 4.79 Å². The number of halogens is 2. The largest absolute Gasteiger partial charge is 0.481 e. The van der Waals surface area contributed by atoms with Gasteiger partial charge in [0.15, 0.2) is 0 Å². The highest BCUT2D eigenvalue weighted by molar-refractivity contribution is 6.31. The number of nitrogens with zero attached hydrogens (tertiary/aromatic N) is 1. The zero-order valence-electron chi connectivity index (χ0n) is 10.8. The number of carboxylic acids is 1. The number of hydrogen-bond acceptors (Lipinski definition) is 2. The van der Waals surface area contributed by atoms with E-state index in [0.29, 0.717) is 31.0 Å². The molecule has 1 N–H and O–H groups in total. The predicted molar refractivity (Wildman–Crippen MR) is 72.3 cm³/mol. The lowest BCUT2D eigenvalue weighted by molar-refractivity contribution is -0.138. The van der Waals surface area contributed by atoms with E-state index >= 15 is 0 Å². The van der Waals surface area contributed by atoms with E-state index in [1.807, 2.05) is 0 Å². The van der Waals surface area contributed by atoms with Crippen LogP contribution >= 0.6 is 11.6 Å². The zero-order valence-corrected chi connectivity index (χ0v) is 11.6. The van der Waals surface area contributed by atoms with E-state index < -0.39 is 17.7 Å². The Morgan fingerprint density at radius 1 is 1.35 bits per heavy atom. The molecular weight excluding hydrogens is 285 g/mol. The number of amides is 1. The third-order valence-electron chi connectivity index (χ3n) is 3.52. The van der Waals surface area contributed by atoms with Gasteiger partial charge in [-0.3, -0.25) is 9.59 Å². The van der Waals surface area contributed by atoms with Gasteiger partial charge in [-0.15, -0.1) is 0 Å². The molecule has 0 saturated carbocycles. The molecule has 6 heteroatoms. The van der Waals surface area contributed by atoms with Crippen molar-refractivity contribution in [1.82, 2.24) is 4.90 Å². The second kappa shape index (κ2) is 6.22. The van der Waals surface area contributed by atoms with Crippen LogP contribution in [0.4, 0.5) is 4.39 Å². The van der Waals surface area contributed by atoms with Crippen LogP contribution in [0.2, 0.25) is 5.02 Å². The Morgan fingerprint density at radius 2 is 2.00 bits per heavy atom. The SMILES string of the molecule is O=C(O)CC1CCN(C(=O)c2cc(Cl)ccc2F)CC1. The number of rotatable bonds is 3. The Balaban J connectivity index is 2.01. The van der Waals surface area contributed by atoms with Gasteiger partial charge in [-0.25, -0.2) is 4.39 Å². The van der Waals surface area contributed by atoms with Gasteiger partial charge in [0, 0.05) is 24.5 Å². The van der Waals surface area contributed by atoms with Crippen LogP contribution in [0.25, 0.3) is 0 Å². The fourth-order valence-corrected chi connectivity index (χ4v) is 2.59. The van der Waals surface area contributed by atoms with E-state index in [9.17, 15) is 14.0 Å². The van der Waals surface area contributed by atoms with E-state index in [2.05, 4.69) is 0 Å². The summed E-state index contributed by atoms with van der Waals surface area (Å²) in [4.78, 5) is 24.4. The van der Waals surface area contributed by atoms with Crippen molar-refractivity contribution in [2.24, 2.45) is 5.92 Å². The van der Waals surface area contributed by atoms with E-state index in [-0.39, 0.29) is 17.9 Å². The number of hydrogen-bond donors (Lipinski definition) is 1. The number of carbonyl (C=O) groups excluding carboxylic acids is 1. The lowest BCUT2D eigenvalue weighted by atomic mass is 9.93. The molecule has 1 aliphatic rings. The molecule has 1 fully saturated rings. The van der Waals surface area contributed by atoms with Crippen molar-refractivity contribution in [2.75, 3.05) is 13.1 Å². The molecule has 1 saturated heterocycles. The highest BCUT2D eigenvalue weighted by atomic mass is 35.5. The quantitative estimate of drug-likeness (QED) is 0.933. The van der Waals surface area contributed by atoms with Gasteiger partial charge >= 0.3 is 5.97 Å². The molecule has 2 rings (SSSR count). The molecule has 4 nitrogen and oxygen atoms in total. The van der Waals surface area contributed by atoms with Gasteiger partial charge < -0.3 is 10.0 Å². The normalized spacial score (nSPS) is 16.2. The Morgan fingerprint density at radius 3 is 2.60 bits per heavy atom. The molecule has 1 heterocycles. The van der Waals surface area contributed by atoms with E-state index in [0.717, 1.165) is 0 Å². The third kappa shape index (κ3) is 3.48. The van der Waals surface area contributed by atoms with Crippen LogP contribution in [0.3, 0.4) is 0 Å². The third-order valence-corrected chi connectivity index (χ3v) is 3.76. The van der Waals surface area contributed by atoms with Gasteiger partial charge in [0.25, 0.3) is 5.91 Å². The summed E-state index contributed by atoms with van der Waals surface area (Å²) in [6.45, 7) is 0.894. The molecule has 1 aliphatic heterocycles. The molecule has 1 aromatic rings. The maximum Gasteiger partial charge on any atom is 0.303 e. The molecule has 1 amide bonds. The van der Waals surface area contributed by atoms with Crippen molar-refractivity contribution in [3.63, 3.8) is 0 Å². The number of benzene rings is 1. The van der Waals surface area contributed by atoms with Crippen LogP contribution in [0.1, 0.15) is 29.6 Å². The minimum atomic E-state index is -0.823. The molecule has 0 unspecified atom stereocenters.